The monoisotopic (exact) mass is 261 g/mol. The largest absolute Gasteiger partial charge is 0.394 e. The Morgan fingerprint density at radius 1 is 1.53 bits per heavy atom. The van der Waals surface area contributed by atoms with Crippen LogP contribution in [0.3, 0.4) is 0 Å². The van der Waals surface area contributed by atoms with Gasteiger partial charge in [-0.3, -0.25) is 4.57 Å². The third-order valence-corrected chi connectivity index (χ3v) is 3.09. The first kappa shape index (κ1) is 14.3. The Morgan fingerprint density at radius 2 is 2.35 bits per heavy atom. The van der Waals surface area contributed by atoms with E-state index >= 15 is 0 Å². The SMILES string of the molecule is CCCCn1c(SCCOCCO)n[nH]c1=O. The molecule has 0 aliphatic carbocycles. The Kier molecular flexibility index (Phi) is 6.99. The van der Waals surface area contributed by atoms with E-state index in [-0.39, 0.29) is 12.3 Å². The lowest BCUT2D eigenvalue weighted by Crippen LogP contribution is -2.17. The van der Waals surface area contributed by atoms with Crippen molar-refractivity contribution in [1.29, 1.82) is 0 Å². The van der Waals surface area contributed by atoms with E-state index in [2.05, 4.69) is 17.1 Å². The van der Waals surface area contributed by atoms with Crippen LogP contribution in [0.1, 0.15) is 19.8 Å². The van der Waals surface area contributed by atoms with E-state index in [0.717, 1.165) is 18.6 Å². The van der Waals surface area contributed by atoms with Crippen molar-refractivity contribution in [2.45, 2.75) is 31.5 Å². The molecule has 1 aromatic rings. The molecule has 0 unspecified atom stereocenters. The molecule has 0 fully saturated rings. The van der Waals surface area contributed by atoms with Gasteiger partial charge in [-0.25, -0.2) is 9.89 Å². The number of hydrogen-bond donors (Lipinski definition) is 2. The van der Waals surface area contributed by atoms with Crippen molar-refractivity contribution in [3.63, 3.8) is 0 Å². The molecule has 0 spiro atoms. The molecule has 7 heteroatoms. The van der Waals surface area contributed by atoms with Crippen LogP contribution in [0.4, 0.5) is 0 Å². The van der Waals surface area contributed by atoms with Gasteiger partial charge in [0.2, 0.25) is 0 Å². The minimum Gasteiger partial charge on any atom is -0.394 e. The lowest BCUT2D eigenvalue weighted by atomic mass is 10.3. The topological polar surface area (TPSA) is 80.1 Å². The van der Waals surface area contributed by atoms with Gasteiger partial charge >= 0.3 is 5.69 Å². The maximum absolute atomic E-state index is 11.4. The summed E-state index contributed by atoms with van der Waals surface area (Å²) >= 11 is 1.48. The minimum absolute atomic E-state index is 0.0360. The Labute approximate surface area is 104 Å². The van der Waals surface area contributed by atoms with Gasteiger partial charge < -0.3 is 9.84 Å². The molecule has 6 nitrogen and oxygen atoms in total. The molecule has 2 N–H and O–H groups in total. The molecular formula is C10H19N3O3S. The van der Waals surface area contributed by atoms with Crippen molar-refractivity contribution in [3.8, 4) is 0 Å². The average Bonchev–Trinajstić information content (AvgIpc) is 2.68. The van der Waals surface area contributed by atoms with Crippen molar-refractivity contribution in [2.75, 3.05) is 25.6 Å². The summed E-state index contributed by atoms with van der Waals surface area (Å²) in [4.78, 5) is 11.4. The van der Waals surface area contributed by atoms with Gasteiger partial charge in [-0.1, -0.05) is 25.1 Å². The first-order chi connectivity index (χ1) is 8.29. The standard InChI is InChI=1S/C10H19N3O3S/c1-2-3-4-13-9(15)11-12-10(13)17-8-7-16-6-5-14/h14H,2-8H2,1H3,(H,11,15). The predicted octanol–water partition coefficient (Wildman–Crippen LogP) is 0.473. The smallest absolute Gasteiger partial charge is 0.343 e. The Morgan fingerprint density at radius 3 is 3.06 bits per heavy atom. The molecule has 0 saturated heterocycles. The van der Waals surface area contributed by atoms with E-state index in [1.807, 2.05) is 0 Å². The molecule has 0 aliphatic rings. The van der Waals surface area contributed by atoms with Crippen LogP contribution in [0, 0.1) is 0 Å². The predicted molar refractivity (Wildman–Crippen MR) is 66.4 cm³/mol. The summed E-state index contributed by atoms with van der Waals surface area (Å²) < 4.78 is 6.79. The molecule has 1 rings (SSSR count). The normalized spacial score (nSPS) is 10.9. The summed E-state index contributed by atoms with van der Waals surface area (Å²) in [6, 6.07) is 0. The summed E-state index contributed by atoms with van der Waals surface area (Å²) in [5.41, 5.74) is -0.155. The van der Waals surface area contributed by atoms with Gasteiger partial charge in [0.25, 0.3) is 0 Å². The van der Waals surface area contributed by atoms with Crippen molar-refractivity contribution >= 4 is 11.8 Å². The van der Waals surface area contributed by atoms with Gasteiger partial charge in [-0.15, -0.1) is 5.10 Å². The zero-order chi connectivity index (χ0) is 12.5. The summed E-state index contributed by atoms with van der Waals surface area (Å²) in [5, 5.41) is 15.7. The Balaban J connectivity index is 2.39. The molecular weight excluding hydrogens is 242 g/mol. The van der Waals surface area contributed by atoms with Crippen molar-refractivity contribution < 1.29 is 9.84 Å². The molecule has 0 saturated carbocycles. The van der Waals surface area contributed by atoms with Crippen LogP contribution < -0.4 is 5.69 Å². The highest BCUT2D eigenvalue weighted by Gasteiger charge is 2.07. The van der Waals surface area contributed by atoms with E-state index in [4.69, 9.17) is 9.84 Å². The number of ether oxygens (including phenoxy) is 1. The number of nitrogens with one attached hydrogen (secondary N) is 1. The molecule has 0 aromatic carbocycles. The molecule has 0 amide bonds. The third-order valence-electron chi connectivity index (χ3n) is 2.15. The second-order valence-electron chi connectivity index (χ2n) is 3.50. The van der Waals surface area contributed by atoms with Crippen LogP contribution in [-0.2, 0) is 11.3 Å². The fraction of sp³-hybridized carbons (Fsp3) is 0.800. The van der Waals surface area contributed by atoms with Crippen LogP contribution in [-0.4, -0.2) is 45.4 Å². The Bertz CT molecular complexity index is 364. The number of aliphatic hydroxyl groups excluding tert-OH is 1. The van der Waals surface area contributed by atoms with Gasteiger partial charge in [0.05, 0.1) is 19.8 Å². The molecule has 98 valence electrons. The molecule has 0 bridgehead atoms. The number of nitrogens with zero attached hydrogens (tertiary/aromatic N) is 2. The van der Waals surface area contributed by atoms with Crippen molar-refractivity contribution in [2.24, 2.45) is 0 Å². The van der Waals surface area contributed by atoms with E-state index < -0.39 is 0 Å². The van der Waals surface area contributed by atoms with E-state index in [0.29, 0.717) is 24.9 Å². The van der Waals surface area contributed by atoms with Crippen LogP contribution >= 0.6 is 11.8 Å². The summed E-state index contributed by atoms with van der Waals surface area (Å²) in [6.45, 7) is 3.71. The summed E-state index contributed by atoms with van der Waals surface area (Å²) in [5.74, 6) is 0.719. The Hall–Kier alpha value is -0.790. The minimum atomic E-state index is -0.155. The van der Waals surface area contributed by atoms with Gasteiger partial charge in [-0.05, 0) is 6.42 Å². The summed E-state index contributed by atoms with van der Waals surface area (Å²) in [6.07, 6.45) is 2.01. The number of unbranched alkanes of at least 4 members (excludes halogenated alkanes) is 1. The molecule has 1 heterocycles. The average molecular weight is 261 g/mol. The summed E-state index contributed by atoms with van der Waals surface area (Å²) in [7, 11) is 0. The second kappa shape index (κ2) is 8.32. The van der Waals surface area contributed by atoms with Crippen molar-refractivity contribution in [1.82, 2.24) is 14.8 Å². The number of aromatic amines is 1. The van der Waals surface area contributed by atoms with E-state index in [1.165, 1.54) is 11.8 Å². The highest BCUT2D eigenvalue weighted by Crippen LogP contribution is 2.13. The van der Waals surface area contributed by atoms with E-state index in [9.17, 15) is 4.79 Å². The van der Waals surface area contributed by atoms with Crippen molar-refractivity contribution in [3.05, 3.63) is 10.5 Å². The number of aliphatic hydroxyl groups is 1. The fourth-order valence-corrected chi connectivity index (χ4v) is 2.11. The zero-order valence-electron chi connectivity index (χ0n) is 10.0. The van der Waals surface area contributed by atoms with Gasteiger partial charge in [-0.2, -0.15) is 0 Å². The lowest BCUT2D eigenvalue weighted by Gasteiger charge is -2.04. The zero-order valence-corrected chi connectivity index (χ0v) is 10.8. The maximum atomic E-state index is 11.4. The first-order valence-corrected chi connectivity index (χ1v) is 6.74. The second-order valence-corrected chi connectivity index (χ2v) is 4.56. The van der Waals surface area contributed by atoms with Crippen LogP contribution in [0.5, 0.6) is 0 Å². The van der Waals surface area contributed by atoms with Gasteiger partial charge in [0.1, 0.15) is 0 Å². The fourth-order valence-electron chi connectivity index (χ4n) is 1.29. The number of H-pyrrole nitrogens is 1. The van der Waals surface area contributed by atoms with Gasteiger partial charge in [0.15, 0.2) is 5.16 Å². The van der Waals surface area contributed by atoms with Crippen LogP contribution in [0.2, 0.25) is 0 Å². The number of rotatable bonds is 9. The molecule has 0 atom stereocenters. The van der Waals surface area contributed by atoms with Gasteiger partial charge in [0, 0.05) is 12.3 Å². The number of aromatic nitrogens is 3. The maximum Gasteiger partial charge on any atom is 0.343 e. The molecule has 0 aliphatic heterocycles. The van der Waals surface area contributed by atoms with Crippen LogP contribution in [0.25, 0.3) is 0 Å². The molecule has 0 radical (unpaired) electrons. The molecule has 17 heavy (non-hydrogen) atoms. The lowest BCUT2D eigenvalue weighted by molar-refractivity contribution is 0.103. The number of hydrogen-bond acceptors (Lipinski definition) is 5. The first-order valence-electron chi connectivity index (χ1n) is 5.76. The highest BCUT2D eigenvalue weighted by molar-refractivity contribution is 7.99. The van der Waals surface area contributed by atoms with Crippen LogP contribution in [0.15, 0.2) is 9.95 Å². The highest BCUT2D eigenvalue weighted by atomic mass is 32.2. The van der Waals surface area contributed by atoms with E-state index in [1.54, 1.807) is 4.57 Å². The quantitative estimate of drug-likeness (QED) is 0.499. The molecule has 1 aromatic heterocycles. The third kappa shape index (κ3) is 4.93. The number of thioether (sulfide) groups is 1.